The monoisotopic (exact) mass is 212 g/mol. The van der Waals surface area contributed by atoms with E-state index in [0.717, 1.165) is 0 Å². The van der Waals surface area contributed by atoms with Crippen LogP contribution in [0.3, 0.4) is 0 Å². The summed E-state index contributed by atoms with van der Waals surface area (Å²) in [4.78, 5) is 14.6. The Balaban J connectivity index is 3.22. The molecule has 0 bridgehead atoms. The van der Waals surface area contributed by atoms with E-state index in [1.807, 2.05) is 0 Å². The van der Waals surface area contributed by atoms with Gasteiger partial charge >= 0.3 is 5.97 Å². The summed E-state index contributed by atoms with van der Waals surface area (Å²) < 4.78 is 9.93. The fourth-order valence-corrected chi connectivity index (χ4v) is 1.17. The van der Waals surface area contributed by atoms with Crippen LogP contribution in [-0.2, 0) is 4.79 Å². The number of aromatic nitrogens is 1. The predicted molar refractivity (Wildman–Crippen MR) is 51.9 cm³/mol. The molecule has 0 aliphatic carbocycles. The van der Waals surface area contributed by atoms with E-state index in [-0.39, 0.29) is 11.6 Å². The first kappa shape index (κ1) is 11.3. The van der Waals surface area contributed by atoms with Crippen molar-refractivity contribution in [2.75, 3.05) is 14.2 Å². The van der Waals surface area contributed by atoms with Gasteiger partial charge in [-0.2, -0.15) is 0 Å². The maximum absolute atomic E-state index is 10.7. The van der Waals surface area contributed by atoms with Crippen molar-refractivity contribution >= 4 is 5.97 Å². The minimum atomic E-state index is -1.16. The minimum Gasteiger partial charge on any atom is -0.491 e. The first-order chi connectivity index (χ1) is 7.11. The summed E-state index contributed by atoms with van der Waals surface area (Å²) in [7, 11) is 2.82. The highest BCUT2D eigenvalue weighted by atomic mass is 16.5. The van der Waals surface area contributed by atoms with Gasteiger partial charge < -0.3 is 20.3 Å². The average molecular weight is 212 g/mol. The average Bonchev–Trinajstić information content (AvgIpc) is 2.26. The Morgan fingerprint density at radius 3 is 2.67 bits per heavy atom. The molecule has 0 fully saturated rings. The molecule has 0 saturated heterocycles. The van der Waals surface area contributed by atoms with Crippen LogP contribution in [-0.4, -0.2) is 30.3 Å². The van der Waals surface area contributed by atoms with Crippen LogP contribution in [0.15, 0.2) is 12.3 Å². The molecule has 6 heteroatoms. The van der Waals surface area contributed by atoms with Crippen molar-refractivity contribution in [3.8, 4) is 11.6 Å². The molecule has 1 aromatic heterocycles. The zero-order valence-electron chi connectivity index (χ0n) is 8.43. The van der Waals surface area contributed by atoms with Gasteiger partial charge in [-0.15, -0.1) is 0 Å². The lowest BCUT2D eigenvalue weighted by molar-refractivity contribution is -0.138. The molecule has 1 heterocycles. The van der Waals surface area contributed by atoms with Crippen molar-refractivity contribution in [3.05, 3.63) is 17.8 Å². The topological polar surface area (TPSA) is 94.7 Å². The highest BCUT2D eigenvalue weighted by molar-refractivity contribution is 5.76. The normalized spacial score (nSPS) is 11.9. The molecule has 0 aliphatic heterocycles. The number of carbonyl (C=O) groups is 1. The lowest BCUT2D eigenvalue weighted by atomic mass is 10.1. The summed E-state index contributed by atoms with van der Waals surface area (Å²) in [6.45, 7) is 0. The number of carboxylic acids is 1. The maximum atomic E-state index is 10.7. The second-order valence-electron chi connectivity index (χ2n) is 2.76. The summed E-state index contributed by atoms with van der Waals surface area (Å²) in [5, 5.41) is 8.78. The third-order valence-electron chi connectivity index (χ3n) is 1.90. The van der Waals surface area contributed by atoms with Crippen LogP contribution >= 0.6 is 0 Å². The number of carboxylic acid groups (broad SMARTS) is 1. The number of nitrogens with two attached hydrogens (primary N) is 1. The van der Waals surface area contributed by atoms with Gasteiger partial charge in [0, 0.05) is 11.8 Å². The van der Waals surface area contributed by atoms with Crippen molar-refractivity contribution in [2.24, 2.45) is 5.73 Å². The van der Waals surface area contributed by atoms with E-state index in [2.05, 4.69) is 4.98 Å². The van der Waals surface area contributed by atoms with E-state index in [9.17, 15) is 4.79 Å². The second kappa shape index (κ2) is 4.61. The van der Waals surface area contributed by atoms with Crippen LogP contribution in [0.1, 0.15) is 11.6 Å². The fraction of sp³-hybridized carbons (Fsp3) is 0.333. The molecular weight excluding hydrogens is 200 g/mol. The molecule has 15 heavy (non-hydrogen) atoms. The molecular formula is C9H12N2O4. The second-order valence-corrected chi connectivity index (χ2v) is 2.76. The number of hydrogen-bond acceptors (Lipinski definition) is 5. The van der Waals surface area contributed by atoms with Crippen molar-refractivity contribution in [2.45, 2.75) is 6.04 Å². The Bertz CT molecular complexity index is 367. The zero-order valence-corrected chi connectivity index (χ0v) is 8.43. The van der Waals surface area contributed by atoms with E-state index < -0.39 is 12.0 Å². The molecule has 0 radical (unpaired) electrons. The maximum Gasteiger partial charge on any atom is 0.325 e. The van der Waals surface area contributed by atoms with Crippen molar-refractivity contribution in [1.82, 2.24) is 4.98 Å². The molecule has 1 atom stereocenters. The third kappa shape index (κ3) is 2.16. The van der Waals surface area contributed by atoms with Gasteiger partial charge in [-0.1, -0.05) is 0 Å². The SMILES string of the molecule is COc1nccc(C(N)C(=O)O)c1OC. The molecule has 1 unspecified atom stereocenters. The summed E-state index contributed by atoms with van der Waals surface area (Å²) in [5.74, 6) is -0.678. The molecule has 1 aromatic rings. The Hall–Kier alpha value is -1.82. The van der Waals surface area contributed by atoms with Crippen LogP contribution in [0.5, 0.6) is 11.6 Å². The van der Waals surface area contributed by atoms with Crippen LogP contribution in [0.2, 0.25) is 0 Å². The van der Waals surface area contributed by atoms with Gasteiger partial charge in [0.25, 0.3) is 5.88 Å². The van der Waals surface area contributed by atoms with Crippen LogP contribution in [0.4, 0.5) is 0 Å². The Morgan fingerprint density at radius 1 is 1.53 bits per heavy atom. The van der Waals surface area contributed by atoms with Gasteiger partial charge in [0.05, 0.1) is 14.2 Å². The van der Waals surface area contributed by atoms with E-state index in [1.54, 1.807) is 0 Å². The lowest BCUT2D eigenvalue weighted by Gasteiger charge is -2.13. The summed E-state index contributed by atoms with van der Waals surface area (Å²) in [6, 6.07) is 0.331. The summed E-state index contributed by atoms with van der Waals surface area (Å²) >= 11 is 0. The Kier molecular flexibility index (Phi) is 3.46. The molecule has 0 saturated carbocycles. The molecule has 3 N–H and O–H groups in total. The zero-order chi connectivity index (χ0) is 11.4. The first-order valence-corrected chi connectivity index (χ1v) is 4.17. The number of nitrogens with zero attached hydrogens (tertiary/aromatic N) is 1. The van der Waals surface area contributed by atoms with Gasteiger partial charge in [0.15, 0.2) is 5.75 Å². The van der Waals surface area contributed by atoms with Gasteiger partial charge in [-0.3, -0.25) is 4.79 Å². The highest BCUT2D eigenvalue weighted by Crippen LogP contribution is 2.31. The first-order valence-electron chi connectivity index (χ1n) is 4.17. The number of methoxy groups -OCH3 is 2. The Morgan fingerprint density at radius 2 is 2.20 bits per heavy atom. The van der Waals surface area contributed by atoms with Crippen LogP contribution in [0, 0.1) is 0 Å². The fourth-order valence-electron chi connectivity index (χ4n) is 1.17. The van der Waals surface area contributed by atoms with Gasteiger partial charge in [-0.05, 0) is 6.07 Å². The Labute approximate surface area is 86.6 Å². The van der Waals surface area contributed by atoms with Crippen molar-refractivity contribution in [1.29, 1.82) is 0 Å². The molecule has 0 amide bonds. The largest absolute Gasteiger partial charge is 0.491 e. The standard InChI is InChI=1S/C9H12N2O4/c1-14-7-5(6(10)9(12)13)3-4-11-8(7)15-2/h3-4,6H,10H2,1-2H3,(H,12,13). The summed E-state index contributed by atoms with van der Waals surface area (Å²) in [5.41, 5.74) is 5.81. The molecule has 82 valence electrons. The van der Waals surface area contributed by atoms with E-state index in [4.69, 9.17) is 20.3 Å². The van der Waals surface area contributed by atoms with Crippen molar-refractivity contribution < 1.29 is 19.4 Å². The molecule has 1 rings (SSSR count). The third-order valence-corrected chi connectivity index (χ3v) is 1.90. The van der Waals surface area contributed by atoms with Crippen LogP contribution < -0.4 is 15.2 Å². The van der Waals surface area contributed by atoms with Crippen molar-refractivity contribution in [3.63, 3.8) is 0 Å². The number of hydrogen-bond donors (Lipinski definition) is 2. The number of aliphatic carboxylic acids is 1. The molecule has 0 aliphatic rings. The lowest BCUT2D eigenvalue weighted by Crippen LogP contribution is -2.21. The number of pyridine rings is 1. The quantitative estimate of drug-likeness (QED) is 0.739. The smallest absolute Gasteiger partial charge is 0.325 e. The van der Waals surface area contributed by atoms with E-state index >= 15 is 0 Å². The predicted octanol–water partition coefficient (Wildman–Crippen LogP) is 0.183. The highest BCUT2D eigenvalue weighted by Gasteiger charge is 2.21. The van der Waals surface area contributed by atoms with E-state index in [1.165, 1.54) is 26.5 Å². The number of ether oxygens (including phenoxy) is 2. The number of rotatable bonds is 4. The van der Waals surface area contributed by atoms with Gasteiger partial charge in [0.1, 0.15) is 6.04 Å². The minimum absolute atomic E-state index is 0.215. The van der Waals surface area contributed by atoms with E-state index in [0.29, 0.717) is 5.56 Å². The van der Waals surface area contributed by atoms with Crippen LogP contribution in [0.25, 0.3) is 0 Å². The molecule has 6 nitrogen and oxygen atoms in total. The van der Waals surface area contributed by atoms with Gasteiger partial charge in [-0.25, -0.2) is 4.98 Å². The molecule has 0 aromatic carbocycles. The molecule has 0 spiro atoms. The van der Waals surface area contributed by atoms with Gasteiger partial charge in [0.2, 0.25) is 0 Å². The summed E-state index contributed by atoms with van der Waals surface area (Å²) in [6.07, 6.45) is 1.42.